The van der Waals surface area contributed by atoms with Crippen LogP contribution in [0.25, 0.3) is 0 Å². The fraction of sp³-hybridized carbons (Fsp3) is 1.00. The molecule has 0 aromatic rings. The average molecular weight is 370 g/mol. The summed E-state index contributed by atoms with van der Waals surface area (Å²) in [4.78, 5) is 0. The third kappa shape index (κ3) is 4.28. The Kier molecular flexibility index (Phi) is 7.49. The summed E-state index contributed by atoms with van der Waals surface area (Å²) in [6, 6.07) is 0. The van der Waals surface area contributed by atoms with Crippen molar-refractivity contribution in [3.63, 3.8) is 0 Å². The number of hydrogen-bond donors (Lipinski definition) is 6. The molecule has 2 saturated heterocycles. The maximum atomic E-state index is 10.1. The minimum absolute atomic E-state index is 0.322. The van der Waals surface area contributed by atoms with Crippen molar-refractivity contribution < 1.29 is 54.3 Å². The van der Waals surface area contributed by atoms with Crippen LogP contribution in [-0.4, -0.2) is 119 Å². The van der Waals surface area contributed by atoms with Crippen LogP contribution in [-0.2, 0) is 23.7 Å². The van der Waals surface area contributed by atoms with Gasteiger partial charge in [0.1, 0.15) is 48.8 Å². The lowest BCUT2D eigenvalue weighted by Crippen LogP contribution is -2.62. The Labute approximate surface area is 144 Å². The summed E-state index contributed by atoms with van der Waals surface area (Å²) in [6.45, 7) is -0.874. The van der Waals surface area contributed by atoms with Gasteiger partial charge in [0.15, 0.2) is 12.6 Å². The highest BCUT2D eigenvalue weighted by Gasteiger charge is 2.47. The van der Waals surface area contributed by atoms with Crippen LogP contribution >= 0.6 is 0 Å². The number of aliphatic hydroxyl groups is 6. The van der Waals surface area contributed by atoms with Crippen LogP contribution < -0.4 is 0 Å². The molecule has 0 unspecified atom stereocenters. The first-order chi connectivity index (χ1) is 11.8. The van der Waals surface area contributed by atoms with Gasteiger partial charge in [-0.05, 0) is 0 Å². The lowest BCUT2D eigenvalue weighted by molar-refractivity contribution is -0.329. The Bertz CT molecular complexity index is 410. The van der Waals surface area contributed by atoms with Gasteiger partial charge in [0.05, 0.1) is 13.2 Å². The van der Waals surface area contributed by atoms with E-state index in [0.717, 1.165) is 0 Å². The highest BCUT2D eigenvalue weighted by atomic mass is 16.7. The van der Waals surface area contributed by atoms with Crippen LogP contribution in [0.15, 0.2) is 0 Å². The Morgan fingerprint density at radius 2 is 1.32 bits per heavy atom. The summed E-state index contributed by atoms with van der Waals surface area (Å²) in [5.74, 6) is 0. The SMILES string of the molecule is CO[C@@H]1[C@@H](O)[C@H](O)[C@@H](CO[C@H]2O[C@H](CO)[C@@H](O)[C@H](O)[C@H]2OC)O[C@@H]1O. The molecular formula is C14H26O11. The molecule has 0 aromatic carbocycles. The van der Waals surface area contributed by atoms with Crippen LogP contribution in [0.3, 0.4) is 0 Å². The average Bonchev–Trinajstić information content (AvgIpc) is 2.60. The van der Waals surface area contributed by atoms with Gasteiger partial charge < -0.3 is 54.3 Å². The van der Waals surface area contributed by atoms with E-state index < -0.39 is 68.0 Å². The lowest BCUT2D eigenvalue weighted by atomic mass is 9.98. The third-order valence-corrected chi connectivity index (χ3v) is 4.46. The third-order valence-electron chi connectivity index (χ3n) is 4.46. The molecule has 0 aliphatic carbocycles. The molecule has 6 N–H and O–H groups in total. The van der Waals surface area contributed by atoms with E-state index in [4.69, 9.17) is 23.7 Å². The van der Waals surface area contributed by atoms with E-state index in [0.29, 0.717) is 0 Å². The van der Waals surface area contributed by atoms with Crippen LogP contribution in [0.5, 0.6) is 0 Å². The van der Waals surface area contributed by atoms with Gasteiger partial charge in [-0.25, -0.2) is 0 Å². The summed E-state index contributed by atoms with van der Waals surface area (Å²) in [7, 11) is 2.53. The van der Waals surface area contributed by atoms with E-state index >= 15 is 0 Å². The van der Waals surface area contributed by atoms with Gasteiger partial charge in [-0.1, -0.05) is 0 Å². The smallest absolute Gasteiger partial charge is 0.187 e. The minimum atomic E-state index is -1.47. The molecule has 0 amide bonds. The molecule has 2 aliphatic rings. The Hall–Kier alpha value is -0.440. The van der Waals surface area contributed by atoms with E-state index in [2.05, 4.69) is 0 Å². The van der Waals surface area contributed by atoms with E-state index in [1.807, 2.05) is 0 Å². The summed E-state index contributed by atoms with van der Waals surface area (Å²) in [5, 5.41) is 58.8. The first-order valence-electron chi connectivity index (χ1n) is 7.85. The second-order valence-electron chi connectivity index (χ2n) is 5.99. The van der Waals surface area contributed by atoms with Gasteiger partial charge in [-0.3, -0.25) is 0 Å². The highest BCUT2D eigenvalue weighted by Crippen LogP contribution is 2.26. The number of aliphatic hydroxyl groups excluding tert-OH is 6. The number of methoxy groups -OCH3 is 2. The van der Waals surface area contributed by atoms with Crippen molar-refractivity contribution in [3.8, 4) is 0 Å². The zero-order valence-corrected chi connectivity index (χ0v) is 13.9. The maximum absolute atomic E-state index is 10.1. The fourth-order valence-electron chi connectivity index (χ4n) is 2.94. The molecule has 2 rings (SSSR count). The van der Waals surface area contributed by atoms with E-state index in [9.17, 15) is 30.6 Å². The van der Waals surface area contributed by atoms with Crippen LogP contribution in [0, 0.1) is 0 Å². The summed E-state index contributed by atoms with van der Waals surface area (Å²) in [5.41, 5.74) is 0. The van der Waals surface area contributed by atoms with Crippen molar-refractivity contribution in [2.45, 2.75) is 61.4 Å². The number of hydrogen-bond acceptors (Lipinski definition) is 11. The number of rotatable bonds is 6. The van der Waals surface area contributed by atoms with Crippen molar-refractivity contribution in [1.29, 1.82) is 0 Å². The fourth-order valence-corrected chi connectivity index (χ4v) is 2.94. The molecule has 0 bridgehead atoms. The van der Waals surface area contributed by atoms with Crippen molar-refractivity contribution in [2.75, 3.05) is 27.4 Å². The van der Waals surface area contributed by atoms with Crippen molar-refractivity contribution in [2.24, 2.45) is 0 Å². The molecular weight excluding hydrogens is 344 g/mol. The van der Waals surface area contributed by atoms with Gasteiger partial charge in [0, 0.05) is 14.2 Å². The second kappa shape index (κ2) is 8.97. The number of ether oxygens (including phenoxy) is 5. The van der Waals surface area contributed by atoms with Gasteiger partial charge in [-0.15, -0.1) is 0 Å². The molecule has 2 aliphatic heterocycles. The van der Waals surface area contributed by atoms with E-state index in [-0.39, 0.29) is 6.61 Å². The minimum Gasteiger partial charge on any atom is -0.394 e. The maximum Gasteiger partial charge on any atom is 0.187 e. The molecule has 11 heteroatoms. The van der Waals surface area contributed by atoms with Gasteiger partial charge in [0.25, 0.3) is 0 Å². The molecule has 11 nitrogen and oxygen atoms in total. The Morgan fingerprint density at radius 3 is 1.88 bits per heavy atom. The largest absolute Gasteiger partial charge is 0.394 e. The second-order valence-corrected chi connectivity index (χ2v) is 5.99. The van der Waals surface area contributed by atoms with E-state index in [1.54, 1.807) is 0 Å². The quantitative estimate of drug-likeness (QED) is 0.269. The van der Waals surface area contributed by atoms with Crippen LogP contribution in [0.4, 0.5) is 0 Å². The molecule has 0 radical (unpaired) electrons. The van der Waals surface area contributed by atoms with Gasteiger partial charge in [-0.2, -0.15) is 0 Å². The summed E-state index contributed by atoms with van der Waals surface area (Å²) in [6.07, 6.45) is -12.5. The standard InChI is InChI=1S/C14H26O11/c1-21-11-9(18)8(17)6(24-13(11)20)4-23-14-12(22-2)10(19)7(16)5(3-15)25-14/h5-20H,3-4H2,1-2H3/t5-,6-,7-,8-,9+,10+,11-,12-,13+,14+/m1/s1. The summed E-state index contributed by atoms with van der Waals surface area (Å²) >= 11 is 0. The van der Waals surface area contributed by atoms with Crippen molar-refractivity contribution in [3.05, 3.63) is 0 Å². The molecule has 10 atom stereocenters. The van der Waals surface area contributed by atoms with E-state index in [1.165, 1.54) is 14.2 Å². The van der Waals surface area contributed by atoms with Gasteiger partial charge in [0.2, 0.25) is 0 Å². The predicted octanol–water partition coefficient (Wildman–Crippen LogP) is -4.09. The topological polar surface area (TPSA) is 168 Å². The van der Waals surface area contributed by atoms with Gasteiger partial charge >= 0.3 is 0 Å². The van der Waals surface area contributed by atoms with Crippen LogP contribution in [0.2, 0.25) is 0 Å². The molecule has 148 valence electrons. The normalized spacial score (nSPS) is 48.5. The summed E-state index contributed by atoms with van der Waals surface area (Å²) < 4.78 is 25.9. The molecule has 0 saturated carbocycles. The highest BCUT2D eigenvalue weighted by molar-refractivity contribution is 4.92. The predicted molar refractivity (Wildman–Crippen MR) is 78.2 cm³/mol. The molecule has 0 aromatic heterocycles. The Balaban J connectivity index is 1.99. The first-order valence-corrected chi connectivity index (χ1v) is 7.85. The van der Waals surface area contributed by atoms with Crippen LogP contribution in [0.1, 0.15) is 0 Å². The Morgan fingerprint density at radius 1 is 0.760 bits per heavy atom. The first kappa shape index (κ1) is 20.9. The zero-order chi connectivity index (χ0) is 18.7. The monoisotopic (exact) mass is 370 g/mol. The van der Waals surface area contributed by atoms with Crippen molar-refractivity contribution >= 4 is 0 Å². The molecule has 25 heavy (non-hydrogen) atoms. The zero-order valence-electron chi connectivity index (χ0n) is 13.9. The lowest BCUT2D eigenvalue weighted by Gasteiger charge is -2.43. The van der Waals surface area contributed by atoms with Crippen molar-refractivity contribution in [1.82, 2.24) is 0 Å². The molecule has 0 spiro atoms. The molecule has 2 fully saturated rings. The molecule has 2 heterocycles.